The van der Waals surface area contributed by atoms with Crippen LogP contribution in [0.15, 0.2) is 60.7 Å². The number of carbonyl (C=O) groups excluding carboxylic acids is 2. The smallest absolute Gasteiger partial charge is 0.310 e. The summed E-state index contributed by atoms with van der Waals surface area (Å²) in [6, 6.07) is 19.6. The number of hydrogen-bond acceptors (Lipinski definition) is 4. The number of nitrogens with one attached hydrogen (secondary N) is 1. The van der Waals surface area contributed by atoms with Gasteiger partial charge < -0.3 is 14.6 Å². The number of benzene rings is 3. The highest BCUT2D eigenvalue weighted by Gasteiger charge is 2.21. The lowest BCUT2D eigenvalue weighted by Gasteiger charge is -2.16. The van der Waals surface area contributed by atoms with E-state index in [1.807, 2.05) is 54.9 Å². The molecule has 0 fully saturated rings. The summed E-state index contributed by atoms with van der Waals surface area (Å²) >= 11 is 0. The van der Waals surface area contributed by atoms with E-state index >= 15 is 0 Å². The van der Waals surface area contributed by atoms with Gasteiger partial charge in [0.25, 0.3) is 5.91 Å². The average molecular weight is 415 g/mol. The van der Waals surface area contributed by atoms with E-state index in [-0.39, 0.29) is 18.4 Å². The van der Waals surface area contributed by atoms with Gasteiger partial charge >= 0.3 is 5.97 Å². The molecule has 1 heterocycles. The standard InChI is InChI=1S/C25H25N3O3/c1-16-27-22-14-20(10-11-23(22)28(16)2)24(29)26-15-21(25(30)31-3)13-17-8-9-18-6-4-5-7-19(18)12-17/h4-12,14,21H,13,15H2,1-3H3,(H,26,29). The van der Waals surface area contributed by atoms with Crippen molar-refractivity contribution in [1.29, 1.82) is 0 Å². The van der Waals surface area contributed by atoms with E-state index < -0.39 is 5.92 Å². The fourth-order valence-electron chi connectivity index (χ4n) is 3.84. The number of aryl methyl sites for hydroxylation is 2. The van der Waals surface area contributed by atoms with Crippen LogP contribution in [0.25, 0.3) is 21.8 Å². The lowest BCUT2D eigenvalue weighted by atomic mass is 9.97. The van der Waals surface area contributed by atoms with Crippen molar-refractivity contribution in [2.24, 2.45) is 13.0 Å². The van der Waals surface area contributed by atoms with Gasteiger partial charge in [-0.15, -0.1) is 0 Å². The molecule has 0 spiro atoms. The largest absolute Gasteiger partial charge is 0.469 e. The lowest BCUT2D eigenvalue weighted by Crippen LogP contribution is -2.34. The van der Waals surface area contributed by atoms with Crippen molar-refractivity contribution >= 4 is 33.7 Å². The highest BCUT2D eigenvalue weighted by Crippen LogP contribution is 2.19. The zero-order valence-corrected chi connectivity index (χ0v) is 17.9. The third kappa shape index (κ3) is 4.28. The lowest BCUT2D eigenvalue weighted by molar-refractivity contribution is -0.145. The van der Waals surface area contributed by atoms with E-state index in [0.717, 1.165) is 33.2 Å². The number of esters is 1. The summed E-state index contributed by atoms with van der Waals surface area (Å²) in [4.78, 5) is 29.6. The van der Waals surface area contributed by atoms with E-state index in [1.165, 1.54) is 7.11 Å². The first kappa shape index (κ1) is 20.6. The molecule has 1 N–H and O–H groups in total. The maximum Gasteiger partial charge on any atom is 0.310 e. The normalized spacial score (nSPS) is 12.1. The van der Waals surface area contributed by atoms with Gasteiger partial charge in [0.1, 0.15) is 5.82 Å². The molecule has 0 aliphatic heterocycles. The fraction of sp³-hybridized carbons (Fsp3) is 0.240. The Morgan fingerprint density at radius 1 is 1.06 bits per heavy atom. The van der Waals surface area contributed by atoms with Crippen LogP contribution >= 0.6 is 0 Å². The van der Waals surface area contributed by atoms with Crippen LogP contribution in [0.3, 0.4) is 0 Å². The number of nitrogens with zero attached hydrogens (tertiary/aromatic N) is 2. The molecular weight excluding hydrogens is 390 g/mol. The Hall–Kier alpha value is -3.67. The number of amides is 1. The number of rotatable bonds is 6. The molecule has 1 aromatic heterocycles. The van der Waals surface area contributed by atoms with Gasteiger partial charge in [-0.2, -0.15) is 0 Å². The van der Waals surface area contributed by atoms with Gasteiger partial charge in [0.05, 0.1) is 24.1 Å². The number of methoxy groups -OCH3 is 1. The van der Waals surface area contributed by atoms with Crippen LogP contribution in [-0.2, 0) is 23.0 Å². The molecule has 4 aromatic rings. The number of imidazole rings is 1. The summed E-state index contributed by atoms with van der Waals surface area (Å²) in [5.41, 5.74) is 3.28. The van der Waals surface area contributed by atoms with Crippen molar-refractivity contribution in [3.8, 4) is 0 Å². The van der Waals surface area contributed by atoms with Gasteiger partial charge in [0.2, 0.25) is 0 Å². The van der Waals surface area contributed by atoms with E-state index in [0.29, 0.717) is 12.0 Å². The molecule has 1 amide bonds. The maximum absolute atomic E-state index is 12.7. The Morgan fingerprint density at radius 3 is 2.61 bits per heavy atom. The molecule has 0 aliphatic rings. The monoisotopic (exact) mass is 415 g/mol. The molecule has 6 nitrogen and oxygen atoms in total. The molecule has 3 aromatic carbocycles. The third-order valence-electron chi connectivity index (χ3n) is 5.71. The van der Waals surface area contributed by atoms with Gasteiger partial charge in [0, 0.05) is 19.2 Å². The summed E-state index contributed by atoms with van der Waals surface area (Å²) in [6.07, 6.45) is 0.482. The number of ether oxygens (including phenoxy) is 1. The van der Waals surface area contributed by atoms with Gasteiger partial charge in [-0.25, -0.2) is 4.98 Å². The number of carbonyl (C=O) groups is 2. The molecular formula is C25H25N3O3. The van der Waals surface area contributed by atoms with E-state index in [1.54, 1.807) is 12.1 Å². The van der Waals surface area contributed by atoms with Crippen molar-refractivity contribution in [1.82, 2.24) is 14.9 Å². The Labute approximate surface area is 180 Å². The summed E-state index contributed by atoms with van der Waals surface area (Å²) in [5.74, 6) is -0.175. The van der Waals surface area contributed by atoms with Crippen LogP contribution in [0, 0.1) is 12.8 Å². The van der Waals surface area contributed by atoms with Crippen LogP contribution in [0.2, 0.25) is 0 Å². The fourth-order valence-corrected chi connectivity index (χ4v) is 3.84. The van der Waals surface area contributed by atoms with Crippen LogP contribution in [0.4, 0.5) is 0 Å². The van der Waals surface area contributed by atoms with Crippen molar-refractivity contribution in [2.75, 3.05) is 13.7 Å². The molecule has 31 heavy (non-hydrogen) atoms. The highest BCUT2D eigenvalue weighted by atomic mass is 16.5. The Morgan fingerprint density at radius 2 is 1.84 bits per heavy atom. The minimum atomic E-state index is -0.476. The molecule has 0 aliphatic carbocycles. The minimum Gasteiger partial charge on any atom is -0.469 e. The third-order valence-corrected chi connectivity index (χ3v) is 5.71. The molecule has 0 saturated carbocycles. The van der Waals surface area contributed by atoms with E-state index in [4.69, 9.17) is 4.74 Å². The molecule has 1 unspecified atom stereocenters. The van der Waals surface area contributed by atoms with Crippen molar-refractivity contribution in [2.45, 2.75) is 13.3 Å². The van der Waals surface area contributed by atoms with Crippen molar-refractivity contribution < 1.29 is 14.3 Å². The van der Waals surface area contributed by atoms with E-state index in [9.17, 15) is 9.59 Å². The Balaban J connectivity index is 1.48. The Bertz CT molecular complexity index is 1280. The predicted octanol–water partition coefficient (Wildman–Crippen LogP) is 3.80. The first-order valence-corrected chi connectivity index (χ1v) is 10.2. The minimum absolute atomic E-state index is 0.192. The number of aromatic nitrogens is 2. The second kappa shape index (κ2) is 8.60. The molecule has 158 valence electrons. The molecule has 0 saturated heterocycles. The summed E-state index contributed by atoms with van der Waals surface area (Å²) in [6.45, 7) is 2.12. The molecule has 0 bridgehead atoms. The van der Waals surface area contributed by atoms with Crippen LogP contribution in [-0.4, -0.2) is 35.1 Å². The first-order chi connectivity index (χ1) is 15.0. The maximum atomic E-state index is 12.7. The second-order valence-electron chi connectivity index (χ2n) is 7.74. The second-order valence-corrected chi connectivity index (χ2v) is 7.74. The topological polar surface area (TPSA) is 73.2 Å². The highest BCUT2D eigenvalue weighted by molar-refractivity contribution is 5.97. The zero-order chi connectivity index (χ0) is 22.0. The SMILES string of the molecule is COC(=O)C(CNC(=O)c1ccc2c(c1)nc(C)n2C)Cc1ccc2ccccc2c1. The van der Waals surface area contributed by atoms with Crippen LogP contribution < -0.4 is 5.32 Å². The van der Waals surface area contributed by atoms with Crippen LogP contribution in [0.5, 0.6) is 0 Å². The molecule has 4 rings (SSSR count). The van der Waals surface area contributed by atoms with Gasteiger partial charge in [-0.3, -0.25) is 9.59 Å². The van der Waals surface area contributed by atoms with Gasteiger partial charge in [-0.1, -0.05) is 42.5 Å². The predicted molar refractivity (Wildman–Crippen MR) is 121 cm³/mol. The zero-order valence-electron chi connectivity index (χ0n) is 17.9. The first-order valence-electron chi connectivity index (χ1n) is 10.2. The molecule has 1 atom stereocenters. The van der Waals surface area contributed by atoms with Crippen molar-refractivity contribution in [3.63, 3.8) is 0 Å². The number of hydrogen-bond donors (Lipinski definition) is 1. The van der Waals surface area contributed by atoms with E-state index in [2.05, 4.69) is 22.4 Å². The summed E-state index contributed by atoms with van der Waals surface area (Å²) in [7, 11) is 3.31. The van der Waals surface area contributed by atoms with Crippen molar-refractivity contribution in [3.05, 3.63) is 77.6 Å². The van der Waals surface area contributed by atoms with Crippen LogP contribution in [0.1, 0.15) is 21.7 Å². The molecule has 0 radical (unpaired) electrons. The molecule has 6 heteroatoms. The summed E-state index contributed by atoms with van der Waals surface area (Å²) < 4.78 is 6.96. The number of fused-ring (bicyclic) bond motifs is 2. The summed E-state index contributed by atoms with van der Waals surface area (Å²) in [5, 5.41) is 5.15. The Kier molecular flexibility index (Phi) is 5.71. The average Bonchev–Trinajstić information content (AvgIpc) is 3.08. The van der Waals surface area contributed by atoms with Gasteiger partial charge in [-0.05, 0) is 47.9 Å². The van der Waals surface area contributed by atoms with Gasteiger partial charge in [0.15, 0.2) is 0 Å². The quantitative estimate of drug-likeness (QED) is 0.486.